The van der Waals surface area contributed by atoms with Gasteiger partial charge in [-0.2, -0.15) is 0 Å². The fourth-order valence-corrected chi connectivity index (χ4v) is 8.87. The maximum absolute atomic E-state index is 14.5. The number of alkyl halides is 3. The molecule has 0 radical (unpaired) electrons. The lowest BCUT2D eigenvalue weighted by molar-refractivity contribution is -0.225. The van der Waals surface area contributed by atoms with Gasteiger partial charge in [0.2, 0.25) is 10.9 Å². The highest BCUT2D eigenvalue weighted by molar-refractivity contribution is 9.09. The second kappa shape index (κ2) is 6.97. The van der Waals surface area contributed by atoms with Crippen molar-refractivity contribution in [2.24, 2.45) is 28.6 Å². The summed E-state index contributed by atoms with van der Waals surface area (Å²) >= 11 is 9.66. The van der Waals surface area contributed by atoms with Crippen LogP contribution in [0.4, 0.5) is 4.39 Å². The Kier molecular flexibility index (Phi) is 5.04. The predicted molar refractivity (Wildman–Crippen MR) is 120 cm³/mol. The van der Waals surface area contributed by atoms with Crippen molar-refractivity contribution >= 4 is 39.1 Å². The highest BCUT2D eigenvalue weighted by Crippen LogP contribution is 2.70. The number of halogens is 3. The fraction of sp³-hybridized carbons (Fsp3) is 0.750. The van der Waals surface area contributed by atoms with Gasteiger partial charge in [0.25, 0.3) is 0 Å². The zero-order valence-corrected chi connectivity index (χ0v) is 21.0. The maximum atomic E-state index is 14.5. The van der Waals surface area contributed by atoms with Crippen molar-refractivity contribution < 1.29 is 28.6 Å². The lowest BCUT2D eigenvalue weighted by atomic mass is 9.46. The molecule has 5 aliphatic rings. The molecule has 1 heterocycles. The molecule has 1 saturated heterocycles. The van der Waals surface area contributed by atoms with Gasteiger partial charge in [0.15, 0.2) is 17.2 Å². The molecule has 0 bridgehead atoms. The molecule has 10 atom stereocenters. The van der Waals surface area contributed by atoms with Crippen molar-refractivity contribution in [3.05, 3.63) is 23.8 Å². The number of hydrogen-bond donors (Lipinski definition) is 1. The van der Waals surface area contributed by atoms with Gasteiger partial charge < -0.3 is 14.6 Å². The molecular formula is C24H29BrClFO5. The number of carbonyl (C=O) groups excluding carboxylic acids is 2. The van der Waals surface area contributed by atoms with E-state index in [1.165, 1.54) is 0 Å². The minimum atomic E-state index is -1.89. The zero-order valence-electron chi connectivity index (χ0n) is 18.6. The minimum absolute atomic E-state index is 0.0368. The zero-order chi connectivity index (χ0) is 23.4. The van der Waals surface area contributed by atoms with Crippen LogP contribution < -0.4 is 0 Å². The summed E-state index contributed by atoms with van der Waals surface area (Å²) in [7, 11) is 0. The van der Waals surface area contributed by atoms with Crippen LogP contribution in [0.3, 0.4) is 0 Å². The van der Waals surface area contributed by atoms with Gasteiger partial charge in [-0.3, -0.25) is 9.59 Å². The van der Waals surface area contributed by atoms with Gasteiger partial charge in [0.05, 0.1) is 17.6 Å². The second-order valence-corrected chi connectivity index (χ2v) is 12.4. The maximum Gasteiger partial charge on any atom is 0.215 e. The van der Waals surface area contributed by atoms with Crippen LogP contribution >= 0.6 is 27.5 Å². The molecule has 0 spiro atoms. The smallest absolute Gasteiger partial charge is 0.215 e. The molecular weight excluding hydrogens is 503 g/mol. The Labute approximate surface area is 200 Å². The van der Waals surface area contributed by atoms with E-state index in [1.807, 2.05) is 19.9 Å². The molecule has 32 heavy (non-hydrogen) atoms. The summed E-state index contributed by atoms with van der Waals surface area (Å²) in [6.07, 6.45) is 5.03. The minimum Gasteiger partial charge on any atom is -0.393 e. The number of Topliss-reactive ketones (excluding diaryl/α,β-unsaturated/α-hetero) is 1. The molecule has 1 N–H and O–H groups in total. The average Bonchev–Trinajstić information content (AvgIpc) is 3.08. The number of carbonyl (C=O) groups is 2. The third kappa shape index (κ3) is 2.78. The Balaban J connectivity index is 1.62. The van der Waals surface area contributed by atoms with Gasteiger partial charge >= 0.3 is 0 Å². The Morgan fingerprint density at radius 3 is 2.66 bits per heavy atom. The first-order chi connectivity index (χ1) is 14.8. The van der Waals surface area contributed by atoms with Gasteiger partial charge in [-0.15, -0.1) is 11.6 Å². The highest BCUT2D eigenvalue weighted by atomic mass is 79.9. The normalized spacial score (nSPS) is 51.9. The molecule has 4 aliphatic carbocycles. The van der Waals surface area contributed by atoms with Gasteiger partial charge in [-0.05, 0) is 78.6 Å². The van der Waals surface area contributed by atoms with E-state index >= 15 is 0 Å². The van der Waals surface area contributed by atoms with Gasteiger partial charge in [-0.1, -0.05) is 19.9 Å². The topological polar surface area (TPSA) is 72.8 Å². The van der Waals surface area contributed by atoms with Crippen LogP contribution in [-0.4, -0.2) is 50.7 Å². The van der Waals surface area contributed by atoms with E-state index in [2.05, 4.69) is 15.9 Å². The van der Waals surface area contributed by atoms with Crippen LogP contribution in [0.1, 0.15) is 47.0 Å². The fourth-order valence-electron chi connectivity index (χ4n) is 8.03. The summed E-state index contributed by atoms with van der Waals surface area (Å²) in [6.45, 7) is 7.44. The standard InChI is InChI=1S/C24H29BrClFO5/c1-21(2)31-17-9-13-12-8-15(26)14-7-11(28)5-6-22(14,3)18(12)16(29)10-23(13,4)24(17,32-21)19(30)20(25)27/h5-7,12-13,15-18,20,29H,8-10H2,1-4H3/t12-,13-,15-,16-,17+,18+,20?,22-,23-,24-/m0/s1. The molecule has 1 aliphatic heterocycles. The predicted octanol–water partition coefficient (Wildman–Crippen LogP) is 4.24. The van der Waals surface area contributed by atoms with E-state index in [-0.39, 0.29) is 35.3 Å². The lowest BCUT2D eigenvalue weighted by Gasteiger charge is -2.60. The van der Waals surface area contributed by atoms with E-state index in [1.54, 1.807) is 26.0 Å². The summed E-state index contributed by atoms with van der Waals surface area (Å²) < 4.78 is 26.9. The van der Waals surface area contributed by atoms with E-state index in [4.69, 9.17) is 21.1 Å². The number of fused-ring (bicyclic) bond motifs is 7. The molecule has 0 aromatic carbocycles. The van der Waals surface area contributed by atoms with Gasteiger partial charge in [-0.25, -0.2) is 4.39 Å². The largest absolute Gasteiger partial charge is 0.393 e. The average molecular weight is 532 g/mol. The van der Waals surface area contributed by atoms with Crippen LogP contribution in [0.2, 0.25) is 0 Å². The molecule has 0 aromatic heterocycles. The van der Waals surface area contributed by atoms with E-state index in [9.17, 15) is 19.1 Å². The third-order valence-corrected chi connectivity index (χ3v) is 9.86. The quantitative estimate of drug-likeness (QED) is 0.540. The molecule has 8 heteroatoms. The highest BCUT2D eigenvalue weighted by Gasteiger charge is 2.77. The number of ketones is 2. The summed E-state index contributed by atoms with van der Waals surface area (Å²) in [5.41, 5.74) is -2.04. The molecule has 5 nitrogen and oxygen atoms in total. The van der Waals surface area contributed by atoms with E-state index in [0.29, 0.717) is 12.8 Å². The summed E-state index contributed by atoms with van der Waals surface area (Å²) in [4.78, 5) is 25.4. The van der Waals surface area contributed by atoms with Crippen LogP contribution in [0.25, 0.3) is 0 Å². The Bertz CT molecular complexity index is 949. The van der Waals surface area contributed by atoms with Gasteiger partial charge in [0.1, 0.15) is 0 Å². The third-order valence-electron chi connectivity index (χ3n) is 9.03. The number of aliphatic hydroxyl groups is 1. The van der Waals surface area contributed by atoms with Crippen molar-refractivity contribution in [1.82, 2.24) is 0 Å². The first-order valence-corrected chi connectivity index (χ1v) is 12.6. The summed E-state index contributed by atoms with van der Waals surface area (Å²) in [5.74, 6) is -2.07. The molecule has 3 saturated carbocycles. The number of allylic oxidation sites excluding steroid dienone is 4. The first kappa shape index (κ1) is 23.2. The Hall–Kier alpha value is -0.600. The van der Waals surface area contributed by atoms with Crippen LogP contribution in [-0.2, 0) is 19.1 Å². The van der Waals surface area contributed by atoms with Crippen molar-refractivity contribution in [3.8, 4) is 0 Å². The number of rotatable bonds is 2. The Morgan fingerprint density at radius 2 is 2.00 bits per heavy atom. The number of ether oxygens (including phenoxy) is 2. The molecule has 5 rings (SSSR count). The monoisotopic (exact) mass is 530 g/mol. The van der Waals surface area contributed by atoms with Crippen molar-refractivity contribution in [3.63, 3.8) is 0 Å². The SMILES string of the molecule is CC1(C)O[C@@H]2C[C@H]3[C@@H]4C[C@H](Cl)C5=CC(=O)C=C[C@]5(C)[C@H]4[C@@H](O)C[C@]3(C)[C@]2(C(=O)C(F)Br)O1. The lowest BCUT2D eigenvalue weighted by Crippen LogP contribution is -2.64. The molecule has 4 fully saturated rings. The Morgan fingerprint density at radius 1 is 1.31 bits per heavy atom. The van der Waals surface area contributed by atoms with Crippen LogP contribution in [0, 0.1) is 28.6 Å². The first-order valence-electron chi connectivity index (χ1n) is 11.2. The van der Waals surface area contributed by atoms with E-state index in [0.717, 1.165) is 5.57 Å². The molecule has 176 valence electrons. The summed E-state index contributed by atoms with van der Waals surface area (Å²) in [5, 5.41) is 9.31. The van der Waals surface area contributed by atoms with Crippen molar-refractivity contribution in [2.45, 2.75) is 81.0 Å². The summed E-state index contributed by atoms with van der Waals surface area (Å²) in [6, 6.07) is 0. The van der Waals surface area contributed by atoms with Crippen LogP contribution in [0.5, 0.6) is 0 Å². The van der Waals surface area contributed by atoms with Crippen molar-refractivity contribution in [1.29, 1.82) is 0 Å². The molecule has 0 aromatic rings. The van der Waals surface area contributed by atoms with E-state index < -0.39 is 45.3 Å². The number of aliphatic hydroxyl groups excluding tert-OH is 1. The van der Waals surface area contributed by atoms with Gasteiger partial charge in [0, 0.05) is 16.7 Å². The van der Waals surface area contributed by atoms with Crippen molar-refractivity contribution in [2.75, 3.05) is 0 Å². The number of hydrogen-bond acceptors (Lipinski definition) is 5. The molecule has 1 unspecified atom stereocenters. The molecule has 0 amide bonds. The second-order valence-electron chi connectivity index (χ2n) is 11.1. The van der Waals surface area contributed by atoms with Crippen LogP contribution in [0.15, 0.2) is 23.8 Å².